The Bertz CT molecular complexity index is 596. The molecule has 0 radical (unpaired) electrons. The Hall–Kier alpha value is -2.14. The average Bonchev–Trinajstić information content (AvgIpc) is 2.45. The topological polar surface area (TPSA) is 64.3 Å². The molecule has 0 amide bonds. The van der Waals surface area contributed by atoms with Gasteiger partial charge in [-0.25, -0.2) is 4.98 Å². The van der Waals surface area contributed by atoms with Crippen LogP contribution in [0.1, 0.15) is 13.8 Å². The lowest BCUT2D eigenvalue weighted by atomic mass is 10.1. The molecule has 0 spiro atoms. The summed E-state index contributed by atoms with van der Waals surface area (Å²) in [7, 11) is 4.04. The molecule has 1 aromatic carbocycles. The minimum Gasteiger partial charge on any atom is -0.476 e. The van der Waals surface area contributed by atoms with E-state index in [1.807, 2.05) is 44.4 Å². The third kappa shape index (κ3) is 3.92. The largest absolute Gasteiger partial charge is 0.476 e. The van der Waals surface area contributed by atoms with E-state index < -0.39 is 0 Å². The number of hydrogen-bond acceptors (Lipinski definition) is 5. The molecule has 0 aliphatic rings. The number of aromatic nitrogens is 2. The summed E-state index contributed by atoms with van der Waals surface area (Å²) in [5.74, 6) is 1.48. The molecule has 0 unspecified atom stereocenters. The zero-order valence-corrected chi connectivity index (χ0v) is 13.0. The highest BCUT2D eigenvalue weighted by Crippen LogP contribution is 2.21. The van der Waals surface area contributed by atoms with Gasteiger partial charge in [0.1, 0.15) is 12.4 Å². The maximum Gasteiger partial charge on any atom is 0.219 e. The Kier molecular flexibility index (Phi) is 4.43. The van der Waals surface area contributed by atoms with Crippen LogP contribution in [0.4, 0.5) is 5.82 Å². The van der Waals surface area contributed by atoms with Crippen LogP contribution >= 0.6 is 0 Å². The highest BCUT2D eigenvalue weighted by molar-refractivity contribution is 5.57. The molecule has 0 atom stereocenters. The molecule has 112 valence electrons. The van der Waals surface area contributed by atoms with Crippen LogP contribution in [-0.2, 0) is 0 Å². The fourth-order valence-corrected chi connectivity index (χ4v) is 1.61. The van der Waals surface area contributed by atoms with E-state index in [2.05, 4.69) is 28.7 Å². The quantitative estimate of drug-likeness (QED) is 0.914. The summed E-state index contributed by atoms with van der Waals surface area (Å²) in [5, 5.41) is 0. The fourth-order valence-electron chi connectivity index (χ4n) is 1.61. The van der Waals surface area contributed by atoms with Crippen LogP contribution in [-0.4, -0.2) is 41.1 Å². The van der Waals surface area contributed by atoms with Crippen molar-refractivity contribution in [2.45, 2.75) is 19.4 Å². The summed E-state index contributed by atoms with van der Waals surface area (Å²) in [4.78, 5) is 10.8. The molecule has 0 fully saturated rings. The van der Waals surface area contributed by atoms with E-state index in [0.717, 1.165) is 5.56 Å². The molecule has 0 saturated heterocycles. The molecule has 0 aliphatic carbocycles. The zero-order valence-electron chi connectivity index (χ0n) is 13.0. The van der Waals surface area contributed by atoms with E-state index in [4.69, 9.17) is 10.5 Å². The Labute approximate surface area is 125 Å². The average molecular weight is 286 g/mol. The number of anilines is 1. The van der Waals surface area contributed by atoms with Gasteiger partial charge in [0, 0.05) is 17.2 Å². The van der Waals surface area contributed by atoms with Gasteiger partial charge in [0.05, 0.1) is 0 Å². The van der Waals surface area contributed by atoms with Crippen LogP contribution < -0.4 is 10.5 Å². The summed E-state index contributed by atoms with van der Waals surface area (Å²) in [6, 6.07) is 11.4. The lowest BCUT2D eigenvalue weighted by molar-refractivity contribution is 0.111. The molecule has 2 aromatic rings. The number of ether oxygens (including phenoxy) is 1. The van der Waals surface area contributed by atoms with Gasteiger partial charge >= 0.3 is 0 Å². The predicted molar refractivity (Wildman–Crippen MR) is 85.1 cm³/mol. The molecule has 1 heterocycles. The number of nitrogens with zero attached hydrogens (tertiary/aromatic N) is 3. The summed E-state index contributed by atoms with van der Waals surface area (Å²) >= 11 is 0. The molecule has 0 aliphatic heterocycles. The lowest BCUT2D eigenvalue weighted by Gasteiger charge is -2.31. The highest BCUT2D eigenvalue weighted by Gasteiger charge is 2.21. The van der Waals surface area contributed by atoms with Gasteiger partial charge in [0.2, 0.25) is 5.88 Å². The SMILES string of the molecule is CN(C)C(C)(C)COc1cc(N)nc(-c2ccccc2)n1. The number of hydrogen-bond donors (Lipinski definition) is 1. The van der Waals surface area contributed by atoms with Gasteiger partial charge in [-0.05, 0) is 27.9 Å². The Morgan fingerprint density at radius 1 is 1.14 bits per heavy atom. The molecule has 0 bridgehead atoms. The van der Waals surface area contributed by atoms with Crippen molar-refractivity contribution in [1.29, 1.82) is 0 Å². The van der Waals surface area contributed by atoms with Crippen molar-refractivity contribution in [3.63, 3.8) is 0 Å². The Morgan fingerprint density at radius 2 is 1.81 bits per heavy atom. The second-order valence-corrected chi connectivity index (χ2v) is 5.82. The normalized spacial score (nSPS) is 11.7. The van der Waals surface area contributed by atoms with E-state index in [1.54, 1.807) is 6.07 Å². The van der Waals surface area contributed by atoms with E-state index in [-0.39, 0.29) is 5.54 Å². The van der Waals surface area contributed by atoms with Crippen LogP contribution in [0.25, 0.3) is 11.4 Å². The molecule has 21 heavy (non-hydrogen) atoms. The first-order valence-corrected chi connectivity index (χ1v) is 6.89. The van der Waals surface area contributed by atoms with Gasteiger partial charge in [-0.1, -0.05) is 30.3 Å². The second kappa shape index (κ2) is 6.10. The maximum absolute atomic E-state index is 5.85. The number of nitrogens with two attached hydrogens (primary N) is 1. The number of benzene rings is 1. The number of rotatable bonds is 5. The lowest BCUT2D eigenvalue weighted by Crippen LogP contribution is -2.43. The Morgan fingerprint density at radius 3 is 2.43 bits per heavy atom. The van der Waals surface area contributed by atoms with Crippen molar-refractivity contribution in [1.82, 2.24) is 14.9 Å². The van der Waals surface area contributed by atoms with Gasteiger partial charge < -0.3 is 15.4 Å². The standard InChI is InChI=1S/C16H22N4O/c1-16(2,20(3)4)11-21-14-10-13(17)18-15(19-14)12-8-6-5-7-9-12/h5-10H,11H2,1-4H3,(H2,17,18,19). The highest BCUT2D eigenvalue weighted by atomic mass is 16.5. The van der Waals surface area contributed by atoms with Crippen molar-refractivity contribution in [3.05, 3.63) is 36.4 Å². The molecular formula is C16H22N4O. The minimum atomic E-state index is -0.0907. The third-order valence-corrected chi connectivity index (χ3v) is 3.54. The first-order chi connectivity index (χ1) is 9.88. The van der Waals surface area contributed by atoms with Crippen molar-refractivity contribution >= 4 is 5.82 Å². The minimum absolute atomic E-state index is 0.0907. The zero-order chi connectivity index (χ0) is 15.5. The van der Waals surface area contributed by atoms with Gasteiger partial charge in [0.25, 0.3) is 0 Å². The van der Waals surface area contributed by atoms with Crippen LogP contribution in [0.15, 0.2) is 36.4 Å². The summed E-state index contributed by atoms with van der Waals surface area (Å²) in [6.45, 7) is 4.73. The van der Waals surface area contributed by atoms with Crippen LogP contribution in [0.3, 0.4) is 0 Å². The van der Waals surface area contributed by atoms with Crippen molar-refractivity contribution in [2.24, 2.45) is 0 Å². The van der Waals surface area contributed by atoms with Gasteiger partial charge in [-0.3, -0.25) is 0 Å². The van der Waals surface area contributed by atoms with E-state index in [9.17, 15) is 0 Å². The fraction of sp³-hybridized carbons (Fsp3) is 0.375. The van der Waals surface area contributed by atoms with Gasteiger partial charge in [-0.2, -0.15) is 4.98 Å². The predicted octanol–water partition coefficient (Wildman–Crippen LogP) is 2.44. The van der Waals surface area contributed by atoms with Gasteiger partial charge in [-0.15, -0.1) is 0 Å². The molecule has 0 saturated carbocycles. The van der Waals surface area contributed by atoms with Crippen LogP contribution in [0.2, 0.25) is 0 Å². The van der Waals surface area contributed by atoms with Crippen molar-refractivity contribution in [2.75, 3.05) is 26.4 Å². The molecule has 2 rings (SSSR count). The maximum atomic E-state index is 5.85. The van der Waals surface area contributed by atoms with Crippen LogP contribution in [0.5, 0.6) is 5.88 Å². The monoisotopic (exact) mass is 286 g/mol. The smallest absolute Gasteiger partial charge is 0.219 e. The van der Waals surface area contributed by atoms with Crippen molar-refractivity contribution < 1.29 is 4.74 Å². The van der Waals surface area contributed by atoms with Crippen LogP contribution in [0, 0.1) is 0 Å². The Balaban J connectivity index is 2.20. The first-order valence-electron chi connectivity index (χ1n) is 6.89. The molecule has 1 aromatic heterocycles. The van der Waals surface area contributed by atoms with Gasteiger partial charge in [0.15, 0.2) is 5.82 Å². The third-order valence-electron chi connectivity index (χ3n) is 3.54. The van der Waals surface area contributed by atoms with E-state index >= 15 is 0 Å². The van der Waals surface area contributed by atoms with E-state index in [1.165, 1.54) is 0 Å². The first kappa shape index (κ1) is 15.3. The molecule has 5 heteroatoms. The van der Waals surface area contributed by atoms with Crippen molar-refractivity contribution in [3.8, 4) is 17.3 Å². The molecular weight excluding hydrogens is 264 g/mol. The second-order valence-electron chi connectivity index (χ2n) is 5.82. The summed E-state index contributed by atoms with van der Waals surface area (Å²) in [5.41, 5.74) is 6.68. The molecule has 2 N–H and O–H groups in total. The molecule has 5 nitrogen and oxygen atoms in total. The number of likely N-dealkylation sites (N-methyl/N-ethyl adjacent to an activating group) is 1. The van der Waals surface area contributed by atoms with E-state index in [0.29, 0.717) is 24.1 Å². The summed E-state index contributed by atoms with van der Waals surface area (Å²) in [6.07, 6.45) is 0. The number of nitrogen functional groups attached to an aromatic ring is 1. The summed E-state index contributed by atoms with van der Waals surface area (Å²) < 4.78 is 5.80.